The molecule has 5 nitrogen and oxygen atoms in total. The predicted molar refractivity (Wildman–Crippen MR) is 75.3 cm³/mol. The number of methoxy groups -OCH3 is 1. The monoisotopic (exact) mass is 293 g/mol. The first-order chi connectivity index (χ1) is 9.49. The number of esters is 1. The quantitative estimate of drug-likeness (QED) is 0.816. The number of carbonyl (C=O) groups excluding carboxylic acids is 1. The zero-order valence-electron chi connectivity index (χ0n) is 11.3. The molecule has 1 fully saturated rings. The summed E-state index contributed by atoms with van der Waals surface area (Å²) < 4.78 is 27.0. The van der Waals surface area contributed by atoms with E-state index in [0.29, 0.717) is 10.5 Å². The van der Waals surface area contributed by atoms with Crippen molar-refractivity contribution < 1.29 is 18.2 Å². The Morgan fingerprint density at radius 3 is 2.80 bits per heavy atom. The van der Waals surface area contributed by atoms with Crippen LogP contribution in [0.3, 0.4) is 0 Å². The Morgan fingerprint density at radius 1 is 1.40 bits per heavy atom. The van der Waals surface area contributed by atoms with Crippen LogP contribution in [0.4, 0.5) is 0 Å². The van der Waals surface area contributed by atoms with Gasteiger partial charge in [0.05, 0.1) is 22.9 Å². The minimum atomic E-state index is -2.39. The van der Waals surface area contributed by atoms with Gasteiger partial charge >= 0.3 is 5.97 Å². The van der Waals surface area contributed by atoms with Crippen LogP contribution in [0.5, 0.6) is 0 Å². The van der Waals surface area contributed by atoms with E-state index in [0.717, 1.165) is 18.2 Å². The average Bonchev–Trinajstić information content (AvgIpc) is 3.11. The second kappa shape index (κ2) is 4.63. The lowest BCUT2D eigenvalue weighted by Crippen LogP contribution is -1.98. The summed E-state index contributed by atoms with van der Waals surface area (Å²) in [7, 11) is -1.09. The molecule has 2 aromatic rings. The molecule has 106 valence electrons. The van der Waals surface area contributed by atoms with Crippen LogP contribution in [0.25, 0.3) is 11.0 Å². The van der Waals surface area contributed by atoms with E-state index in [1.54, 1.807) is 30.5 Å². The van der Waals surface area contributed by atoms with Crippen LogP contribution in [0.1, 0.15) is 23.4 Å². The molecule has 0 amide bonds. The third-order valence-corrected chi connectivity index (χ3v) is 5.04. The molecule has 20 heavy (non-hydrogen) atoms. The number of ether oxygens (including phenoxy) is 1. The van der Waals surface area contributed by atoms with Crippen LogP contribution in [-0.4, -0.2) is 29.6 Å². The summed E-state index contributed by atoms with van der Waals surface area (Å²) in [5.74, 6) is -0.385. The standard InChI is InChI=1S/C14H15NO4S/c1-18-14(16)13-8-9-7-11(5-6-12(9)19-13)20(2,17)15-10-3-4-10/h5-8,10H,3-4H2,1-2H3. The van der Waals surface area contributed by atoms with E-state index in [4.69, 9.17) is 4.42 Å². The number of fused-ring (bicyclic) bond motifs is 1. The van der Waals surface area contributed by atoms with Crippen LogP contribution >= 0.6 is 0 Å². The average molecular weight is 293 g/mol. The van der Waals surface area contributed by atoms with E-state index in [1.807, 2.05) is 0 Å². The Balaban J connectivity index is 2.06. The van der Waals surface area contributed by atoms with Gasteiger partial charge in [0.1, 0.15) is 5.58 Å². The zero-order valence-corrected chi connectivity index (χ0v) is 12.1. The minimum Gasteiger partial charge on any atom is -0.463 e. The summed E-state index contributed by atoms with van der Waals surface area (Å²) in [6.07, 6.45) is 3.68. The molecule has 1 aromatic heterocycles. The van der Waals surface area contributed by atoms with E-state index >= 15 is 0 Å². The highest BCUT2D eigenvalue weighted by Crippen LogP contribution is 2.29. The lowest BCUT2D eigenvalue weighted by molar-refractivity contribution is 0.0567. The Bertz CT molecular complexity index is 795. The van der Waals surface area contributed by atoms with Gasteiger partial charge in [-0.05, 0) is 37.1 Å². The number of nitrogens with zero attached hydrogens (tertiary/aromatic N) is 1. The lowest BCUT2D eigenvalue weighted by Gasteiger charge is -2.03. The Hall–Kier alpha value is -1.82. The lowest BCUT2D eigenvalue weighted by atomic mass is 10.2. The van der Waals surface area contributed by atoms with Crippen molar-refractivity contribution in [2.45, 2.75) is 23.8 Å². The van der Waals surface area contributed by atoms with Crippen LogP contribution in [0.15, 0.2) is 37.9 Å². The molecule has 1 heterocycles. The largest absolute Gasteiger partial charge is 0.463 e. The van der Waals surface area contributed by atoms with Crippen molar-refractivity contribution in [1.82, 2.24) is 0 Å². The number of furan rings is 1. The third-order valence-electron chi connectivity index (χ3n) is 3.21. The Morgan fingerprint density at radius 2 is 2.15 bits per heavy atom. The summed E-state index contributed by atoms with van der Waals surface area (Å²) in [5.41, 5.74) is 0.566. The molecule has 3 rings (SSSR count). The van der Waals surface area contributed by atoms with E-state index in [1.165, 1.54) is 7.11 Å². The van der Waals surface area contributed by atoms with Gasteiger partial charge in [0.25, 0.3) is 0 Å². The molecular weight excluding hydrogens is 278 g/mol. The van der Waals surface area contributed by atoms with E-state index in [-0.39, 0.29) is 11.8 Å². The molecule has 1 aromatic carbocycles. The smallest absolute Gasteiger partial charge is 0.373 e. The van der Waals surface area contributed by atoms with Gasteiger partial charge in [0, 0.05) is 16.5 Å². The highest BCUT2D eigenvalue weighted by atomic mass is 32.2. The van der Waals surface area contributed by atoms with Crippen LogP contribution in [0, 0.1) is 0 Å². The number of rotatable bonds is 3. The number of benzene rings is 1. The van der Waals surface area contributed by atoms with Gasteiger partial charge in [0.15, 0.2) is 0 Å². The molecule has 0 N–H and O–H groups in total. The highest BCUT2D eigenvalue weighted by Gasteiger charge is 2.23. The maximum absolute atomic E-state index is 12.6. The van der Waals surface area contributed by atoms with Crippen molar-refractivity contribution >= 4 is 26.7 Å². The molecule has 0 radical (unpaired) electrons. The molecular formula is C14H15NO4S. The van der Waals surface area contributed by atoms with Crippen LogP contribution < -0.4 is 0 Å². The summed E-state index contributed by atoms with van der Waals surface area (Å²) >= 11 is 0. The van der Waals surface area contributed by atoms with Gasteiger partial charge < -0.3 is 9.15 Å². The van der Waals surface area contributed by atoms with E-state index < -0.39 is 15.7 Å². The van der Waals surface area contributed by atoms with Crippen molar-refractivity contribution in [2.75, 3.05) is 13.4 Å². The first kappa shape index (κ1) is 13.2. The van der Waals surface area contributed by atoms with Gasteiger partial charge in [-0.15, -0.1) is 0 Å². The van der Waals surface area contributed by atoms with Gasteiger partial charge in [0.2, 0.25) is 5.76 Å². The highest BCUT2D eigenvalue weighted by molar-refractivity contribution is 7.93. The molecule has 1 aliphatic rings. The molecule has 0 spiro atoms. The SMILES string of the molecule is COC(=O)c1cc2cc(S(C)(=O)=NC3CC3)ccc2o1. The fourth-order valence-electron chi connectivity index (χ4n) is 1.98. The van der Waals surface area contributed by atoms with Gasteiger partial charge in [-0.25, -0.2) is 13.4 Å². The number of hydrogen-bond acceptors (Lipinski definition) is 5. The predicted octanol–water partition coefficient (Wildman–Crippen LogP) is 2.84. The van der Waals surface area contributed by atoms with Crippen molar-refractivity contribution in [2.24, 2.45) is 4.36 Å². The van der Waals surface area contributed by atoms with Crippen molar-refractivity contribution in [3.8, 4) is 0 Å². The van der Waals surface area contributed by atoms with Gasteiger partial charge in [-0.1, -0.05) is 0 Å². The third kappa shape index (κ3) is 2.43. The first-order valence-electron chi connectivity index (χ1n) is 6.33. The normalized spacial score (nSPS) is 17.7. The van der Waals surface area contributed by atoms with Crippen LogP contribution in [-0.2, 0) is 14.5 Å². The molecule has 1 unspecified atom stereocenters. The second-order valence-corrected chi connectivity index (χ2v) is 7.23. The molecule has 1 atom stereocenters. The number of carbonyl (C=O) groups is 1. The van der Waals surface area contributed by atoms with Crippen LogP contribution in [0.2, 0.25) is 0 Å². The van der Waals surface area contributed by atoms with Gasteiger partial charge in [-0.2, -0.15) is 0 Å². The Labute approximate surface area is 117 Å². The molecule has 0 bridgehead atoms. The maximum atomic E-state index is 12.6. The topological polar surface area (TPSA) is 68.9 Å². The molecule has 0 saturated heterocycles. The van der Waals surface area contributed by atoms with Gasteiger partial charge in [-0.3, -0.25) is 0 Å². The minimum absolute atomic E-state index is 0.140. The first-order valence-corrected chi connectivity index (χ1v) is 8.25. The van der Waals surface area contributed by atoms with Crippen molar-refractivity contribution in [3.05, 3.63) is 30.0 Å². The fourth-order valence-corrected chi connectivity index (χ4v) is 3.55. The summed E-state index contributed by atoms with van der Waals surface area (Å²) in [6, 6.07) is 7.04. The van der Waals surface area contributed by atoms with Crippen molar-refractivity contribution in [3.63, 3.8) is 0 Å². The molecule has 6 heteroatoms. The van der Waals surface area contributed by atoms with E-state index in [2.05, 4.69) is 9.10 Å². The second-order valence-electron chi connectivity index (χ2n) is 4.94. The maximum Gasteiger partial charge on any atom is 0.373 e. The summed E-state index contributed by atoms with van der Waals surface area (Å²) in [5, 5.41) is 0.725. The van der Waals surface area contributed by atoms with E-state index in [9.17, 15) is 9.00 Å². The zero-order chi connectivity index (χ0) is 14.3. The number of hydrogen-bond donors (Lipinski definition) is 0. The fraction of sp³-hybridized carbons (Fsp3) is 0.357. The Kier molecular flexibility index (Phi) is 3.05. The summed E-state index contributed by atoms with van der Waals surface area (Å²) in [6.45, 7) is 0. The molecule has 1 saturated carbocycles. The molecule has 0 aliphatic heterocycles. The molecule has 1 aliphatic carbocycles. The van der Waals surface area contributed by atoms with Crippen molar-refractivity contribution in [1.29, 1.82) is 0 Å². The summed E-state index contributed by atoms with van der Waals surface area (Å²) in [4.78, 5) is 12.1.